The van der Waals surface area contributed by atoms with Crippen molar-refractivity contribution in [2.45, 2.75) is 24.5 Å². The normalized spacial score (nSPS) is 10.6. The number of aryl methyl sites for hydroxylation is 2. The molecule has 0 radical (unpaired) electrons. The first-order chi connectivity index (χ1) is 14.5. The summed E-state index contributed by atoms with van der Waals surface area (Å²) in [5.41, 5.74) is 3.02. The van der Waals surface area contributed by atoms with Gasteiger partial charge >= 0.3 is 0 Å². The number of ether oxygens (including phenoxy) is 3. The molecule has 0 fully saturated rings. The highest BCUT2D eigenvalue weighted by atomic mass is 32.2. The molecular weight excluding hydrogens is 404 g/mol. The molecule has 0 saturated heterocycles. The molecule has 158 valence electrons. The predicted octanol–water partition coefficient (Wildman–Crippen LogP) is 4.86. The van der Waals surface area contributed by atoms with Gasteiger partial charge in [0.2, 0.25) is 5.75 Å². The molecule has 1 aromatic heterocycles. The summed E-state index contributed by atoms with van der Waals surface area (Å²) in [6, 6.07) is 10.9. The number of nitrogens with zero attached hydrogens (tertiary/aromatic N) is 1. The lowest BCUT2D eigenvalue weighted by atomic mass is 10.2. The SMILES string of the molecule is COc1cc(NC(=O)c2ccccc2SCc2c(C)noc2C)cc(OC)c1OC. The van der Waals surface area contributed by atoms with E-state index >= 15 is 0 Å². The lowest BCUT2D eigenvalue weighted by Gasteiger charge is -2.15. The van der Waals surface area contributed by atoms with E-state index in [1.165, 1.54) is 21.3 Å². The first kappa shape index (κ1) is 21.6. The molecule has 1 amide bonds. The summed E-state index contributed by atoms with van der Waals surface area (Å²) in [5, 5.41) is 6.90. The summed E-state index contributed by atoms with van der Waals surface area (Å²) in [6.45, 7) is 3.80. The van der Waals surface area contributed by atoms with E-state index in [1.807, 2.05) is 32.0 Å². The maximum Gasteiger partial charge on any atom is 0.256 e. The number of aromatic nitrogens is 1. The largest absolute Gasteiger partial charge is 0.493 e. The van der Waals surface area contributed by atoms with E-state index in [-0.39, 0.29) is 5.91 Å². The van der Waals surface area contributed by atoms with Crippen LogP contribution in [0.25, 0.3) is 0 Å². The Balaban J connectivity index is 1.83. The van der Waals surface area contributed by atoms with Crippen LogP contribution >= 0.6 is 11.8 Å². The highest BCUT2D eigenvalue weighted by molar-refractivity contribution is 7.98. The molecule has 1 heterocycles. The van der Waals surface area contributed by atoms with Gasteiger partial charge in [-0.25, -0.2) is 0 Å². The highest BCUT2D eigenvalue weighted by Crippen LogP contribution is 2.40. The van der Waals surface area contributed by atoms with E-state index in [4.69, 9.17) is 18.7 Å². The molecule has 0 aliphatic rings. The first-order valence-electron chi connectivity index (χ1n) is 9.23. The number of anilines is 1. The Kier molecular flexibility index (Phi) is 6.89. The molecule has 0 saturated carbocycles. The van der Waals surface area contributed by atoms with Gasteiger partial charge in [-0.1, -0.05) is 17.3 Å². The van der Waals surface area contributed by atoms with E-state index in [9.17, 15) is 4.79 Å². The van der Waals surface area contributed by atoms with Crippen molar-refractivity contribution in [2.75, 3.05) is 26.6 Å². The summed E-state index contributed by atoms with van der Waals surface area (Å²) in [5.74, 6) is 2.62. The molecule has 0 aliphatic carbocycles. The van der Waals surface area contributed by atoms with Crippen LogP contribution in [0.1, 0.15) is 27.4 Å². The molecule has 0 aliphatic heterocycles. The summed E-state index contributed by atoms with van der Waals surface area (Å²) in [7, 11) is 4.60. The van der Waals surface area contributed by atoms with E-state index < -0.39 is 0 Å². The third-order valence-corrected chi connectivity index (χ3v) is 5.71. The van der Waals surface area contributed by atoms with Crippen LogP contribution in [0.5, 0.6) is 17.2 Å². The maximum atomic E-state index is 13.0. The van der Waals surface area contributed by atoms with Gasteiger partial charge in [0.15, 0.2) is 11.5 Å². The minimum atomic E-state index is -0.230. The van der Waals surface area contributed by atoms with E-state index in [1.54, 1.807) is 30.0 Å². The van der Waals surface area contributed by atoms with Crippen molar-refractivity contribution in [2.24, 2.45) is 0 Å². The number of carbonyl (C=O) groups excluding carboxylic acids is 1. The van der Waals surface area contributed by atoms with Gasteiger partial charge in [-0.05, 0) is 26.0 Å². The second-order valence-corrected chi connectivity index (χ2v) is 7.47. The van der Waals surface area contributed by atoms with Gasteiger partial charge in [-0.3, -0.25) is 4.79 Å². The van der Waals surface area contributed by atoms with Crippen LogP contribution in [-0.2, 0) is 5.75 Å². The number of rotatable bonds is 8. The number of methoxy groups -OCH3 is 3. The molecule has 8 heteroatoms. The third kappa shape index (κ3) is 4.54. The Labute approximate surface area is 179 Å². The van der Waals surface area contributed by atoms with Gasteiger partial charge in [0.1, 0.15) is 5.76 Å². The molecular formula is C22H24N2O5S. The predicted molar refractivity (Wildman–Crippen MR) is 116 cm³/mol. The van der Waals surface area contributed by atoms with Crippen molar-refractivity contribution in [3.63, 3.8) is 0 Å². The van der Waals surface area contributed by atoms with E-state index in [2.05, 4.69) is 10.5 Å². The molecule has 0 bridgehead atoms. The zero-order valence-corrected chi connectivity index (χ0v) is 18.4. The number of hydrogen-bond donors (Lipinski definition) is 1. The quantitative estimate of drug-likeness (QED) is 0.513. The van der Waals surface area contributed by atoms with Crippen LogP contribution in [0.15, 0.2) is 45.8 Å². The lowest BCUT2D eigenvalue weighted by molar-refractivity contribution is 0.102. The fourth-order valence-electron chi connectivity index (χ4n) is 2.99. The average Bonchev–Trinajstić information content (AvgIpc) is 3.08. The Morgan fingerprint density at radius 3 is 2.30 bits per heavy atom. The molecule has 3 aromatic rings. The smallest absolute Gasteiger partial charge is 0.256 e. The zero-order valence-electron chi connectivity index (χ0n) is 17.6. The summed E-state index contributed by atoms with van der Waals surface area (Å²) >= 11 is 1.56. The first-order valence-corrected chi connectivity index (χ1v) is 10.2. The highest BCUT2D eigenvalue weighted by Gasteiger charge is 2.17. The molecule has 30 heavy (non-hydrogen) atoms. The number of carbonyl (C=O) groups is 1. The van der Waals surface area contributed by atoms with Crippen LogP contribution in [0.4, 0.5) is 5.69 Å². The molecule has 2 aromatic carbocycles. The number of thioether (sulfide) groups is 1. The van der Waals surface area contributed by atoms with Crippen LogP contribution < -0.4 is 19.5 Å². The Hall–Kier alpha value is -3.13. The molecule has 3 rings (SSSR count). The van der Waals surface area contributed by atoms with Crippen LogP contribution in [0, 0.1) is 13.8 Å². The Morgan fingerprint density at radius 1 is 1.07 bits per heavy atom. The van der Waals surface area contributed by atoms with Gasteiger partial charge < -0.3 is 24.1 Å². The fraction of sp³-hybridized carbons (Fsp3) is 0.273. The topological polar surface area (TPSA) is 82.8 Å². The average molecular weight is 429 g/mol. The maximum absolute atomic E-state index is 13.0. The van der Waals surface area contributed by atoms with Crippen molar-refractivity contribution in [3.05, 3.63) is 59.0 Å². The summed E-state index contributed by atoms with van der Waals surface area (Å²) in [4.78, 5) is 13.9. The zero-order chi connectivity index (χ0) is 21.7. The minimum absolute atomic E-state index is 0.230. The monoisotopic (exact) mass is 428 g/mol. The van der Waals surface area contributed by atoms with Crippen molar-refractivity contribution >= 4 is 23.4 Å². The van der Waals surface area contributed by atoms with Crippen molar-refractivity contribution < 1.29 is 23.5 Å². The van der Waals surface area contributed by atoms with Gasteiger partial charge in [-0.2, -0.15) is 0 Å². The third-order valence-electron chi connectivity index (χ3n) is 4.61. The molecule has 1 N–H and O–H groups in total. The van der Waals surface area contributed by atoms with Crippen molar-refractivity contribution in [1.29, 1.82) is 0 Å². The van der Waals surface area contributed by atoms with Gasteiger partial charge in [0.05, 0.1) is 32.6 Å². The van der Waals surface area contributed by atoms with Crippen molar-refractivity contribution in [1.82, 2.24) is 5.16 Å². The molecule has 0 unspecified atom stereocenters. The van der Waals surface area contributed by atoms with Crippen LogP contribution in [0.2, 0.25) is 0 Å². The molecule has 7 nitrogen and oxygen atoms in total. The van der Waals surface area contributed by atoms with Gasteiger partial charge in [-0.15, -0.1) is 11.8 Å². The number of benzene rings is 2. The second-order valence-electron chi connectivity index (χ2n) is 6.46. The van der Waals surface area contributed by atoms with E-state index in [0.717, 1.165) is 21.9 Å². The summed E-state index contributed by atoms with van der Waals surface area (Å²) < 4.78 is 21.3. The van der Waals surface area contributed by atoms with Crippen LogP contribution in [-0.4, -0.2) is 32.4 Å². The number of nitrogens with one attached hydrogen (secondary N) is 1. The fourth-order valence-corrected chi connectivity index (χ4v) is 4.19. The lowest BCUT2D eigenvalue weighted by Crippen LogP contribution is -2.13. The Bertz CT molecular complexity index is 1000. The minimum Gasteiger partial charge on any atom is -0.493 e. The van der Waals surface area contributed by atoms with Crippen molar-refractivity contribution in [3.8, 4) is 17.2 Å². The number of hydrogen-bond acceptors (Lipinski definition) is 7. The van der Waals surface area contributed by atoms with E-state index in [0.29, 0.717) is 34.3 Å². The summed E-state index contributed by atoms with van der Waals surface area (Å²) in [6.07, 6.45) is 0. The molecule has 0 atom stereocenters. The van der Waals surface area contributed by atoms with Gasteiger partial charge in [0.25, 0.3) is 5.91 Å². The number of amides is 1. The van der Waals surface area contributed by atoms with Crippen LogP contribution in [0.3, 0.4) is 0 Å². The van der Waals surface area contributed by atoms with Gasteiger partial charge in [0, 0.05) is 34.0 Å². The second kappa shape index (κ2) is 9.58. The molecule has 0 spiro atoms. The standard InChI is InChI=1S/C22H24N2O5S/c1-13-17(14(2)29-24-13)12-30-20-9-7-6-8-16(20)22(25)23-15-10-18(26-3)21(28-5)19(11-15)27-4/h6-11H,12H2,1-5H3,(H,23,25). The Morgan fingerprint density at radius 2 is 1.73 bits per heavy atom.